The SMILES string of the molecule is CCN(CC)c1nc2nc(-c3cccs3)cc(C(=O)O)c2s1. The van der Waals surface area contributed by atoms with Crippen LogP contribution < -0.4 is 4.90 Å². The number of nitrogens with zero attached hydrogens (tertiary/aromatic N) is 3. The molecule has 0 spiro atoms. The lowest BCUT2D eigenvalue weighted by molar-refractivity contribution is 0.0699. The van der Waals surface area contributed by atoms with Gasteiger partial charge < -0.3 is 10.0 Å². The Morgan fingerprint density at radius 1 is 1.32 bits per heavy atom. The molecule has 0 aromatic carbocycles. The van der Waals surface area contributed by atoms with Crippen molar-refractivity contribution in [1.82, 2.24) is 9.97 Å². The fourth-order valence-corrected chi connectivity index (χ4v) is 4.07. The zero-order chi connectivity index (χ0) is 15.7. The van der Waals surface area contributed by atoms with Crippen molar-refractivity contribution in [3.05, 3.63) is 29.1 Å². The summed E-state index contributed by atoms with van der Waals surface area (Å²) in [7, 11) is 0. The third kappa shape index (κ3) is 2.57. The third-order valence-electron chi connectivity index (χ3n) is 3.39. The highest BCUT2D eigenvalue weighted by Gasteiger charge is 2.19. The Morgan fingerprint density at radius 3 is 2.68 bits per heavy atom. The van der Waals surface area contributed by atoms with Crippen LogP contribution >= 0.6 is 22.7 Å². The molecule has 7 heteroatoms. The van der Waals surface area contributed by atoms with Gasteiger partial charge in [-0.05, 0) is 31.4 Å². The van der Waals surface area contributed by atoms with E-state index >= 15 is 0 Å². The summed E-state index contributed by atoms with van der Waals surface area (Å²) in [6, 6.07) is 5.50. The van der Waals surface area contributed by atoms with Crippen LogP contribution in [0.5, 0.6) is 0 Å². The molecule has 0 aliphatic heterocycles. The van der Waals surface area contributed by atoms with Crippen molar-refractivity contribution in [2.45, 2.75) is 13.8 Å². The minimum absolute atomic E-state index is 0.268. The van der Waals surface area contributed by atoms with Crippen LogP contribution in [0.2, 0.25) is 0 Å². The molecule has 3 aromatic rings. The van der Waals surface area contributed by atoms with Crippen molar-refractivity contribution >= 4 is 44.1 Å². The molecular weight excluding hydrogens is 318 g/mol. The molecule has 0 unspecified atom stereocenters. The zero-order valence-electron chi connectivity index (χ0n) is 12.2. The van der Waals surface area contributed by atoms with Crippen LogP contribution in [0.25, 0.3) is 20.9 Å². The number of thiazole rings is 1. The second-order valence-corrected chi connectivity index (χ2v) is 6.58. The van der Waals surface area contributed by atoms with Crippen LogP contribution in [-0.4, -0.2) is 34.1 Å². The highest BCUT2D eigenvalue weighted by atomic mass is 32.1. The zero-order valence-corrected chi connectivity index (χ0v) is 13.9. The number of carbonyl (C=O) groups is 1. The van der Waals surface area contributed by atoms with Crippen LogP contribution in [0.3, 0.4) is 0 Å². The first-order valence-corrected chi connectivity index (χ1v) is 8.67. The number of thiophene rings is 1. The summed E-state index contributed by atoms with van der Waals surface area (Å²) >= 11 is 2.93. The summed E-state index contributed by atoms with van der Waals surface area (Å²) in [5, 5.41) is 12.3. The van der Waals surface area contributed by atoms with Crippen molar-refractivity contribution < 1.29 is 9.90 Å². The first-order valence-electron chi connectivity index (χ1n) is 6.97. The molecule has 5 nitrogen and oxygen atoms in total. The first-order chi connectivity index (χ1) is 10.6. The number of aromatic carboxylic acids is 1. The van der Waals surface area contributed by atoms with E-state index in [0.717, 1.165) is 23.1 Å². The third-order valence-corrected chi connectivity index (χ3v) is 5.42. The molecule has 3 heterocycles. The van der Waals surface area contributed by atoms with E-state index in [1.165, 1.54) is 22.7 Å². The molecule has 0 fully saturated rings. The molecule has 3 aromatic heterocycles. The van der Waals surface area contributed by atoms with E-state index in [9.17, 15) is 9.90 Å². The predicted octanol–water partition coefficient (Wildman–Crippen LogP) is 3.96. The normalized spacial score (nSPS) is 11.0. The smallest absolute Gasteiger partial charge is 0.337 e. The van der Waals surface area contributed by atoms with Crippen LogP contribution in [0.1, 0.15) is 24.2 Å². The lowest BCUT2D eigenvalue weighted by atomic mass is 10.2. The molecule has 0 saturated carbocycles. The van der Waals surface area contributed by atoms with Crippen molar-refractivity contribution in [1.29, 1.82) is 0 Å². The molecule has 0 saturated heterocycles. The number of carboxylic acid groups (broad SMARTS) is 1. The second kappa shape index (κ2) is 6.02. The standard InChI is InChI=1S/C15H15N3O2S2/c1-3-18(4-2)15-17-13-12(22-15)9(14(19)20)8-10(16-13)11-6-5-7-21-11/h5-8H,3-4H2,1-2H3,(H,19,20). The Kier molecular flexibility index (Phi) is 4.08. The number of carboxylic acids is 1. The minimum atomic E-state index is -0.944. The average molecular weight is 333 g/mol. The van der Waals surface area contributed by atoms with Gasteiger partial charge in [-0.15, -0.1) is 11.3 Å². The molecule has 114 valence electrons. The number of fused-ring (bicyclic) bond motifs is 1. The molecule has 0 bridgehead atoms. The number of hydrogen-bond donors (Lipinski definition) is 1. The highest BCUT2D eigenvalue weighted by molar-refractivity contribution is 7.22. The lowest BCUT2D eigenvalue weighted by Gasteiger charge is -2.16. The van der Waals surface area contributed by atoms with E-state index in [0.29, 0.717) is 16.0 Å². The lowest BCUT2D eigenvalue weighted by Crippen LogP contribution is -2.21. The van der Waals surface area contributed by atoms with Gasteiger partial charge in [-0.1, -0.05) is 17.4 Å². The summed E-state index contributed by atoms with van der Waals surface area (Å²) in [6.07, 6.45) is 0. The fraction of sp³-hybridized carbons (Fsp3) is 0.267. The molecule has 1 N–H and O–H groups in total. The molecule has 22 heavy (non-hydrogen) atoms. The van der Waals surface area contributed by atoms with Gasteiger partial charge >= 0.3 is 5.97 Å². The van der Waals surface area contributed by atoms with Gasteiger partial charge in [-0.25, -0.2) is 9.78 Å². The van der Waals surface area contributed by atoms with Gasteiger partial charge in [0.1, 0.15) is 0 Å². The molecule has 0 atom stereocenters. The van der Waals surface area contributed by atoms with Crippen LogP contribution in [0.4, 0.5) is 5.13 Å². The van der Waals surface area contributed by atoms with Gasteiger partial charge in [-0.2, -0.15) is 4.98 Å². The van der Waals surface area contributed by atoms with Crippen LogP contribution in [0.15, 0.2) is 23.6 Å². The van der Waals surface area contributed by atoms with E-state index < -0.39 is 5.97 Å². The second-order valence-electron chi connectivity index (χ2n) is 4.66. The van der Waals surface area contributed by atoms with Crippen molar-refractivity contribution in [3.63, 3.8) is 0 Å². The van der Waals surface area contributed by atoms with Crippen molar-refractivity contribution in [3.8, 4) is 10.6 Å². The van der Waals surface area contributed by atoms with Gasteiger partial charge in [-0.3, -0.25) is 0 Å². The Bertz CT molecular complexity index is 808. The van der Waals surface area contributed by atoms with Gasteiger partial charge in [0.2, 0.25) is 0 Å². The Hall–Kier alpha value is -1.99. The summed E-state index contributed by atoms with van der Waals surface area (Å²) < 4.78 is 0.634. The number of pyridine rings is 1. The Balaban J connectivity index is 2.21. The number of anilines is 1. The largest absolute Gasteiger partial charge is 0.478 e. The fourth-order valence-electron chi connectivity index (χ4n) is 2.24. The molecule has 0 radical (unpaired) electrons. The van der Waals surface area contributed by atoms with Crippen molar-refractivity contribution in [2.75, 3.05) is 18.0 Å². The van der Waals surface area contributed by atoms with E-state index in [4.69, 9.17) is 0 Å². The highest BCUT2D eigenvalue weighted by Crippen LogP contribution is 2.34. The van der Waals surface area contributed by atoms with Crippen LogP contribution in [0, 0.1) is 0 Å². The van der Waals surface area contributed by atoms with E-state index in [2.05, 4.69) is 28.7 Å². The number of rotatable bonds is 5. The maximum atomic E-state index is 11.6. The van der Waals surface area contributed by atoms with E-state index in [1.54, 1.807) is 6.07 Å². The number of aromatic nitrogens is 2. The molecule has 0 amide bonds. The minimum Gasteiger partial charge on any atom is -0.478 e. The average Bonchev–Trinajstić information content (AvgIpc) is 3.16. The summed E-state index contributed by atoms with van der Waals surface area (Å²) in [4.78, 5) is 23.7. The molecule has 3 rings (SSSR count). The quantitative estimate of drug-likeness (QED) is 0.765. The monoisotopic (exact) mass is 333 g/mol. The maximum absolute atomic E-state index is 11.6. The van der Waals surface area contributed by atoms with Gasteiger partial charge in [0.15, 0.2) is 10.8 Å². The van der Waals surface area contributed by atoms with Gasteiger partial charge in [0.25, 0.3) is 0 Å². The Morgan fingerprint density at radius 2 is 2.09 bits per heavy atom. The van der Waals surface area contributed by atoms with Crippen LogP contribution in [-0.2, 0) is 0 Å². The summed E-state index contributed by atoms with van der Waals surface area (Å²) in [5.74, 6) is -0.944. The summed E-state index contributed by atoms with van der Waals surface area (Å²) in [5.41, 5.74) is 1.44. The summed E-state index contributed by atoms with van der Waals surface area (Å²) in [6.45, 7) is 5.77. The van der Waals surface area contributed by atoms with E-state index in [-0.39, 0.29) is 5.56 Å². The number of hydrogen-bond acceptors (Lipinski definition) is 6. The Labute approximate surface area is 135 Å². The first kappa shape index (κ1) is 14.9. The van der Waals surface area contributed by atoms with Crippen molar-refractivity contribution in [2.24, 2.45) is 0 Å². The topological polar surface area (TPSA) is 66.3 Å². The predicted molar refractivity (Wildman–Crippen MR) is 91.2 cm³/mol. The van der Waals surface area contributed by atoms with E-state index in [1.807, 2.05) is 17.5 Å². The molecule has 0 aliphatic rings. The van der Waals surface area contributed by atoms with Gasteiger partial charge in [0, 0.05) is 13.1 Å². The van der Waals surface area contributed by atoms with Gasteiger partial charge in [0.05, 0.1) is 20.8 Å². The molecular formula is C15H15N3O2S2. The molecule has 0 aliphatic carbocycles. The maximum Gasteiger partial charge on any atom is 0.337 e.